The largest absolute Gasteiger partial charge is 0.341 e. The van der Waals surface area contributed by atoms with Gasteiger partial charge < -0.3 is 10.6 Å². The van der Waals surface area contributed by atoms with Crippen LogP contribution in [0.3, 0.4) is 0 Å². The van der Waals surface area contributed by atoms with E-state index in [4.69, 9.17) is 5.73 Å². The number of nitrogens with two attached hydrogens (primary N) is 1. The highest BCUT2D eigenvalue weighted by Gasteiger charge is 2.33. The van der Waals surface area contributed by atoms with Crippen LogP contribution in [0.25, 0.3) is 5.69 Å². The number of carbonyl (C=O) groups excluding carboxylic acids is 1. The average molecular weight is 377 g/mol. The Kier molecular flexibility index (Phi) is 7.23. The number of rotatable bonds is 6. The Labute approximate surface area is 162 Å². The lowest BCUT2D eigenvalue weighted by Crippen LogP contribution is -2.39. The molecule has 1 aromatic heterocycles. The minimum atomic E-state index is 0. The number of benzene rings is 1. The Balaban J connectivity index is 0.00000243. The van der Waals surface area contributed by atoms with E-state index in [0.717, 1.165) is 24.1 Å². The second-order valence-corrected chi connectivity index (χ2v) is 7.32. The van der Waals surface area contributed by atoms with Gasteiger partial charge in [-0.25, -0.2) is 4.68 Å². The number of carbonyl (C=O) groups is 1. The minimum Gasteiger partial charge on any atom is -0.341 e. The van der Waals surface area contributed by atoms with Crippen molar-refractivity contribution in [3.63, 3.8) is 0 Å². The van der Waals surface area contributed by atoms with Crippen LogP contribution in [0.2, 0.25) is 0 Å². The Bertz CT molecular complexity index is 695. The lowest BCUT2D eigenvalue weighted by atomic mass is 9.71. The summed E-state index contributed by atoms with van der Waals surface area (Å²) in [6.07, 6.45) is 10.2. The van der Waals surface area contributed by atoms with Gasteiger partial charge in [0.05, 0.1) is 11.9 Å². The highest BCUT2D eigenvalue weighted by molar-refractivity contribution is 5.85. The van der Waals surface area contributed by atoms with Crippen molar-refractivity contribution in [2.75, 3.05) is 13.6 Å². The van der Waals surface area contributed by atoms with Gasteiger partial charge in [-0.3, -0.25) is 4.79 Å². The molecule has 0 saturated heterocycles. The molecule has 142 valence electrons. The Hall–Kier alpha value is -1.85. The molecule has 1 amide bonds. The SMILES string of the molecule is CN(Cc1cnn(-c2ccccc2)c1)C(=O)CC1(CN)CCCCC1.Cl. The van der Waals surface area contributed by atoms with Gasteiger partial charge in [0.1, 0.15) is 0 Å². The normalized spacial score (nSPS) is 15.9. The van der Waals surface area contributed by atoms with Crippen molar-refractivity contribution < 1.29 is 4.79 Å². The molecule has 0 bridgehead atoms. The summed E-state index contributed by atoms with van der Waals surface area (Å²) in [6.45, 7) is 1.19. The fourth-order valence-electron chi connectivity index (χ4n) is 3.74. The second kappa shape index (κ2) is 9.19. The number of halogens is 1. The van der Waals surface area contributed by atoms with Gasteiger partial charge in [-0.2, -0.15) is 5.10 Å². The predicted octanol–water partition coefficient (Wildman–Crippen LogP) is 3.55. The van der Waals surface area contributed by atoms with Crippen LogP contribution in [0.15, 0.2) is 42.7 Å². The maximum Gasteiger partial charge on any atom is 0.223 e. The predicted molar refractivity (Wildman–Crippen MR) is 106 cm³/mol. The molecule has 1 aliphatic carbocycles. The van der Waals surface area contributed by atoms with Crippen LogP contribution < -0.4 is 5.73 Å². The second-order valence-electron chi connectivity index (χ2n) is 7.32. The smallest absolute Gasteiger partial charge is 0.223 e. The van der Waals surface area contributed by atoms with E-state index in [9.17, 15) is 4.79 Å². The standard InChI is InChI=1S/C20H28N4O.ClH/c1-23(19(25)12-20(16-21)10-6-3-7-11-20)14-17-13-22-24(15-17)18-8-4-2-5-9-18;/h2,4-5,8-9,13,15H,3,6-7,10-12,14,16,21H2,1H3;1H. The van der Waals surface area contributed by atoms with Gasteiger partial charge in [-0.05, 0) is 36.9 Å². The van der Waals surface area contributed by atoms with Crippen molar-refractivity contribution in [1.29, 1.82) is 0 Å². The maximum atomic E-state index is 12.7. The summed E-state index contributed by atoms with van der Waals surface area (Å²) in [4.78, 5) is 14.5. The fraction of sp³-hybridized carbons (Fsp3) is 0.500. The van der Waals surface area contributed by atoms with E-state index in [2.05, 4.69) is 5.10 Å². The number of para-hydroxylation sites is 1. The molecular formula is C20H29ClN4O. The van der Waals surface area contributed by atoms with Gasteiger partial charge in [0.25, 0.3) is 0 Å². The third kappa shape index (κ3) is 4.86. The zero-order valence-corrected chi connectivity index (χ0v) is 16.3. The Morgan fingerprint density at radius 1 is 1.23 bits per heavy atom. The van der Waals surface area contributed by atoms with E-state index < -0.39 is 0 Å². The number of aromatic nitrogens is 2. The number of amides is 1. The van der Waals surface area contributed by atoms with Crippen molar-refractivity contribution in [3.05, 3.63) is 48.3 Å². The van der Waals surface area contributed by atoms with Gasteiger partial charge in [-0.15, -0.1) is 12.4 Å². The van der Waals surface area contributed by atoms with Gasteiger partial charge >= 0.3 is 0 Å². The third-order valence-corrected chi connectivity index (χ3v) is 5.38. The van der Waals surface area contributed by atoms with Crippen molar-refractivity contribution in [1.82, 2.24) is 14.7 Å². The Morgan fingerprint density at radius 3 is 2.58 bits per heavy atom. The van der Waals surface area contributed by atoms with Gasteiger partial charge in [0.2, 0.25) is 5.91 Å². The molecule has 2 N–H and O–H groups in total. The van der Waals surface area contributed by atoms with Crippen molar-refractivity contribution in [3.8, 4) is 5.69 Å². The molecule has 26 heavy (non-hydrogen) atoms. The van der Waals surface area contributed by atoms with Crippen LogP contribution in [-0.2, 0) is 11.3 Å². The van der Waals surface area contributed by atoms with E-state index in [1.807, 2.05) is 54.5 Å². The number of hydrogen-bond donors (Lipinski definition) is 1. The summed E-state index contributed by atoms with van der Waals surface area (Å²) < 4.78 is 1.84. The van der Waals surface area contributed by atoms with E-state index in [-0.39, 0.29) is 23.7 Å². The molecule has 3 rings (SSSR count). The molecule has 2 aromatic rings. The first kappa shape index (κ1) is 20.5. The highest BCUT2D eigenvalue weighted by Crippen LogP contribution is 2.38. The molecule has 6 heteroatoms. The molecule has 1 saturated carbocycles. The molecular weight excluding hydrogens is 348 g/mol. The van der Waals surface area contributed by atoms with E-state index in [1.165, 1.54) is 19.3 Å². The van der Waals surface area contributed by atoms with Gasteiger partial charge in [-0.1, -0.05) is 37.5 Å². The molecule has 1 aliphatic rings. The topological polar surface area (TPSA) is 64.2 Å². The molecule has 0 radical (unpaired) electrons. The van der Waals surface area contributed by atoms with Crippen LogP contribution in [0.4, 0.5) is 0 Å². The van der Waals surface area contributed by atoms with Crippen LogP contribution in [0.1, 0.15) is 44.1 Å². The quantitative estimate of drug-likeness (QED) is 0.838. The summed E-state index contributed by atoms with van der Waals surface area (Å²) in [5.74, 6) is 0.180. The first-order valence-corrected chi connectivity index (χ1v) is 9.15. The van der Waals surface area contributed by atoms with Crippen LogP contribution in [0, 0.1) is 5.41 Å². The minimum absolute atomic E-state index is 0. The fourth-order valence-corrected chi connectivity index (χ4v) is 3.74. The molecule has 5 nitrogen and oxygen atoms in total. The third-order valence-electron chi connectivity index (χ3n) is 5.38. The van der Waals surface area contributed by atoms with Crippen LogP contribution >= 0.6 is 12.4 Å². The molecule has 0 atom stereocenters. The molecule has 1 heterocycles. The maximum absolute atomic E-state index is 12.7. The Morgan fingerprint density at radius 2 is 1.92 bits per heavy atom. The summed E-state index contributed by atoms with van der Waals surface area (Å²) in [5, 5.41) is 4.40. The van der Waals surface area contributed by atoms with Gasteiger partial charge in [0.15, 0.2) is 0 Å². The molecule has 0 aliphatic heterocycles. The van der Waals surface area contributed by atoms with E-state index in [0.29, 0.717) is 19.5 Å². The van der Waals surface area contributed by atoms with Crippen molar-refractivity contribution >= 4 is 18.3 Å². The summed E-state index contributed by atoms with van der Waals surface area (Å²) in [6, 6.07) is 9.99. The number of hydrogen-bond acceptors (Lipinski definition) is 3. The molecule has 0 unspecified atom stereocenters. The van der Waals surface area contributed by atoms with Crippen molar-refractivity contribution in [2.45, 2.75) is 45.1 Å². The van der Waals surface area contributed by atoms with E-state index >= 15 is 0 Å². The lowest BCUT2D eigenvalue weighted by molar-refractivity contribution is -0.133. The highest BCUT2D eigenvalue weighted by atomic mass is 35.5. The van der Waals surface area contributed by atoms with Crippen molar-refractivity contribution in [2.24, 2.45) is 11.1 Å². The molecule has 1 fully saturated rings. The van der Waals surface area contributed by atoms with Crippen LogP contribution in [-0.4, -0.2) is 34.2 Å². The lowest BCUT2D eigenvalue weighted by Gasteiger charge is -2.36. The van der Waals surface area contributed by atoms with E-state index in [1.54, 1.807) is 4.90 Å². The average Bonchev–Trinajstić information content (AvgIpc) is 3.11. The summed E-state index contributed by atoms with van der Waals surface area (Å²) in [5.41, 5.74) is 8.09. The zero-order valence-electron chi connectivity index (χ0n) is 15.4. The summed E-state index contributed by atoms with van der Waals surface area (Å²) >= 11 is 0. The first-order chi connectivity index (χ1) is 12.1. The van der Waals surface area contributed by atoms with Crippen LogP contribution in [0.5, 0.6) is 0 Å². The number of nitrogens with zero attached hydrogens (tertiary/aromatic N) is 3. The van der Waals surface area contributed by atoms with Gasteiger partial charge in [0, 0.05) is 31.8 Å². The molecule has 0 spiro atoms. The summed E-state index contributed by atoms with van der Waals surface area (Å²) in [7, 11) is 1.87. The molecule has 1 aromatic carbocycles. The first-order valence-electron chi connectivity index (χ1n) is 9.15. The monoisotopic (exact) mass is 376 g/mol. The zero-order chi connectivity index (χ0) is 17.7.